The Morgan fingerprint density at radius 2 is 2.47 bits per heavy atom. The number of rotatable bonds is 1. The second kappa shape index (κ2) is 4.45. The molecule has 15 heavy (non-hydrogen) atoms. The molecule has 0 fully saturated rings. The van der Waals surface area contributed by atoms with Gasteiger partial charge in [-0.05, 0) is 22.9 Å². The zero-order chi connectivity index (χ0) is 10.8. The Balaban J connectivity index is 2.20. The molecule has 0 saturated carbocycles. The first-order chi connectivity index (χ1) is 7.22. The van der Waals surface area contributed by atoms with Crippen LogP contribution in [-0.4, -0.2) is 23.4 Å². The molecule has 0 aliphatic carbocycles. The van der Waals surface area contributed by atoms with Crippen molar-refractivity contribution in [1.82, 2.24) is 4.90 Å². The lowest BCUT2D eigenvalue weighted by molar-refractivity contribution is 0.133. The van der Waals surface area contributed by atoms with Crippen LogP contribution in [0.15, 0.2) is 33.4 Å². The van der Waals surface area contributed by atoms with Crippen LogP contribution >= 0.6 is 27.7 Å². The number of hydrogen-bond donors (Lipinski definition) is 0. The number of ether oxygens (including phenoxy) is 1. The van der Waals surface area contributed by atoms with Crippen molar-refractivity contribution in [3.8, 4) is 0 Å². The first-order valence-electron chi connectivity index (χ1n) is 4.60. The Morgan fingerprint density at radius 1 is 1.67 bits per heavy atom. The second-order valence-electron chi connectivity index (χ2n) is 3.01. The monoisotopic (exact) mass is 287 g/mol. The van der Waals surface area contributed by atoms with E-state index in [1.807, 2.05) is 6.20 Å². The van der Waals surface area contributed by atoms with Gasteiger partial charge in [0, 0.05) is 33.1 Å². The number of fused-ring (bicyclic) bond motifs is 1. The quantitative estimate of drug-likeness (QED) is 0.742. The lowest BCUT2D eigenvalue weighted by Crippen LogP contribution is -2.23. The van der Waals surface area contributed by atoms with Gasteiger partial charge >= 0.3 is 6.09 Å². The lowest BCUT2D eigenvalue weighted by Gasteiger charge is -2.20. The van der Waals surface area contributed by atoms with E-state index in [1.165, 1.54) is 10.5 Å². The molecule has 0 atom stereocenters. The van der Waals surface area contributed by atoms with Crippen molar-refractivity contribution >= 4 is 33.8 Å². The molecule has 2 heterocycles. The Labute approximate surface area is 101 Å². The highest BCUT2D eigenvalue weighted by atomic mass is 79.9. The summed E-state index contributed by atoms with van der Waals surface area (Å²) in [6, 6.07) is 0. The molecule has 0 unspecified atom stereocenters. The van der Waals surface area contributed by atoms with Gasteiger partial charge in [-0.1, -0.05) is 6.08 Å². The molecule has 0 saturated heterocycles. The predicted octanol–water partition coefficient (Wildman–Crippen LogP) is 3.21. The molecular weight excluding hydrogens is 278 g/mol. The molecule has 2 aliphatic heterocycles. The van der Waals surface area contributed by atoms with Gasteiger partial charge in [-0.3, -0.25) is 4.90 Å². The molecule has 3 nitrogen and oxygen atoms in total. The van der Waals surface area contributed by atoms with Gasteiger partial charge in [0.15, 0.2) is 0 Å². The molecule has 0 aromatic heterocycles. The van der Waals surface area contributed by atoms with Crippen LogP contribution in [0.5, 0.6) is 0 Å². The summed E-state index contributed by atoms with van der Waals surface area (Å²) in [6.07, 6.45) is 5.35. The standard InChI is InChI=1S/C10H10BrNO2S/c1-2-14-10(13)12-5-8(11)7-3-4-15-9(7)6-12/h3,5-6H,2,4H2,1H3. The summed E-state index contributed by atoms with van der Waals surface area (Å²) >= 11 is 5.16. The van der Waals surface area contributed by atoms with Crippen LogP contribution in [0.3, 0.4) is 0 Å². The fraction of sp³-hybridized carbons (Fsp3) is 0.300. The van der Waals surface area contributed by atoms with E-state index in [0.717, 1.165) is 15.1 Å². The van der Waals surface area contributed by atoms with Crippen molar-refractivity contribution in [2.45, 2.75) is 6.92 Å². The van der Waals surface area contributed by atoms with Gasteiger partial charge in [0.1, 0.15) is 0 Å². The number of carbonyl (C=O) groups is 1. The fourth-order valence-electron chi connectivity index (χ4n) is 1.37. The second-order valence-corrected chi connectivity index (χ2v) is 4.92. The van der Waals surface area contributed by atoms with E-state index in [-0.39, 0.29) is 6.09 Å². The maximum Gasteiger partial charge on any atom is 0.418 e. The van der Waals surface area contributed by atoms with Crippen LogP contribution in [0.25, 0.3) is 0 Å². The first-order valence-corrected chi connectivity index (χ1v) is 6.38. The molecule has 0 radical (unpaired) electrons. The van der Waals surface area contributed by atoms with Crippen LogP contribution < -0.4 is 0 Å². The number of hydrogen-bond acceptors (Lipinski definition) is 3. The summed E-state index contributed by atoms with van der Waals surface area (Å²) in [6.45, 7) is 2.18. The van der Waals surface area contributed by atoms with Gasteiger partial charge < -0.3 is 4.74 Å². The maximum absolute atomic E-state index is 11.5. The highest BCUT2D eigenvalue weighted by Crippen LogP contribution is 2.40. The predicted molar refractivity (Wildman–Crippen MR) is 64.5 cm³/mol. The third-order valence-electron chi connectivity index (χ3n) is 2.04. The summed E-state index contributed by atoms with van der Waals surface area (Å²) in [5, 5.41) is 0. The highest BCUT2D eigenvalue weighted by molar-refractivity contribution is 9.12. The highest BCUT2D eigenvalue weighted by Gasteiger charge is 2.23. The van der Waals surface area contributed by atoms with Gasteiger partial charge in [0.05, 0.1) is 6.61 Å². The minimum absolute atomic E-state index is 0.339. The van der Waals surface area contributed by atoms with Crippen molar-refractivity contribution in [3.63, 3.8) is 0 Å². The van der Waals surface area contributed by atoms with E-state index in [4.69, 9.17) is 4.74 Å². The Bertz CT molecular complexity index is 387. The number of carbonyl (C=O) groups excluding carboxylic acids is 1. The van der Waals surface area contributed by atoms with Gasteiger partial charge in [-0.25, -0.2) is 4.79 Å². The van der Waals surface area contributed by atoms with Gasteiger partial charge in [0.2, 0.25) is 0 Å². The van der Waals surface area contributed by atoms with Crippen LogP contribution in [0, 0.1) is 0 Å². The van der Waals surface area contributed by atoms with Crippen molar-refractivity contribution in [2.24, 2.45) is 0 Å². The zero-order valence-electron chi connectivity index (χ0n) is 8.20. The molecule has 0 bridgehead atoms. The van der Waals surface area contributed by atoms with E-state index in [9.17, 15) is 4.79 Å². The van der Waals surface area contributed by atoms with Crippen molar-refractivity contribution < 1.29 is 9.53 Å². The molecule has 80 valence electrons. The van der Waals surface area contributed by atoms with E-state index >= 15 is 0 Å². The summed E-state index contributed by atoms with van der Waals surface area (Å²) < 4.78 is 5.86. The van der Waals surface area contributed by atoms with Crippen molar-refractivity contribution in [2.75, 3.05) is 12.4 Å². The van der Waals surface area contributed by atoms with Crippen LogP contribution in [-0.2, 0) is 4.74 Å². The molecule has 1 amide bonds. The molecule has 0 aromatic rings. The normalized spacial score (nSPS) is 19.1. The summed E-state index contributed by atoms with van der Waals surface area (Å²) in [5.74, 6) is 0.959. The lowest BCUT2D eigenvalue weighted by atomic mass is 10.2. The Hall–Kier alpha value is -0.680. The summed E-state index contributed by atoms with van der Waals surface area (Å²) in [7, 11) is 0. The Morgan fingerprint density at radius 3 is 3.20 bits per heavy atom. The first kappa shape index (κ1) is 10.8. The number of halogens is 1. The number of amides is 1. The third-order valence-corrected chi connectivity index (χ3v) is 3.64. The molecule has 0 aromatic carbocycles. The van der Waals surface area contributed by atoms with Crippen LogP contribution in [0.4, 0.5) is 4.79 Å². The topological polar surface area (TPSA) is 29.5 Å². The fourth-order valence-corrected chi connectivity index (χ4v) is 3.07. The SMILES string of the molecule is CCOC(=O)N1C=C(Br)C2=CCSC2=C1. The minimum atomic E-state index is -0.339. The average molecular weight is 288 g/mol. The van der Waals surface area contributed by atoms with Crippen LogP contribution in [0.2, 0.25) is 0 Å². The number of allylic oxidation sites excluding steroid dienone is 2. The average Bonchev–Trinajstić information content (AvgIpc) is 2.66. The third kappa shape index (κ3) is 2.13. The summed E-state index contributed by atoms with van der Waals surface area (Å²) in [5.41, 5.74) is 1.17. The van der Waals surface area contributed by atoms with Crippen LogP contribution in [0.1, 0.15) is 6.92 Å². The minimum Gasteiger partial charge on any atom is -0.449 e. The largest absolute Gasteiger partial charge is 0.449 e. The van der Waals surface area contributed by atoms with Gasteiger partial charge in [-0.2, -0.15) is 0 Å². The molecule has 2 rings (SSSR count). The smallest absolute Gasteiger partial charge is 0.418 e. The van der Waals surface area contributed by atoms with E-state index in [0.29, 0.717) is 6.61 Å². The van der Waals surface area contributed by atoms with Crippen molar-refractivity contribution in [1.29, 1.82) is 0 Å². The molecule has 0 N–H and O–H groups in total. The number of thioether (sulfide) groups is 1. The van der Waals surface area contributed by atoms with E-state index in [1.54, 1.807) is 24.9 Å². The van der Waals surface area contributed by atoms with Gasteiger partial charge in [0.25, 0.3) is 0 Å². The molecule has 2 aliphatic rings. The summed E-state index contributed by atoms with van der Waals surface area (Å²) in [4.78, 5) is 14.1. The zero-order valence-corrected chi connectivity index (χ0v) is 10.6. The van der Waals surface area contributed by atoms with E-state index < -0.39 is 0 Å². The molecular formula is C10H10BrNO2S. The van der Waals surface area contributed by atoms with Crippen molar-refractivity contribution in [3.05, 3.63) is 33.4 Å². The number of nitrogens with zero attached hydrogens (tertiary/aromatic N) is 1. The molecule has 5 heteroatoms. The van der Waals surface area contributed by atoms with E-state index in [2.05, 4.69) is 22.0 Å². The maximum atomic E-state index is 11.5. The Kier molecular flexibility index (Phi) is 3.21. The molecule has 0 spiro atoms. The van der Waals surface area contributed by atoms with Gasteiger partial charge in [-0.15, -0.1) is 11.8 Å².